The van der Waals surface area contributed by atoms with Gasteiger partial charge in [0.05, 0.1) is 23.4 Å². The maximum atomic E-state index is 14.2. The average molecular weight is 459 g/mol. The molecule has 5 rings (SSSR count). The Labute approximate surface area is 193 Å². The minimum absolute atomic E-state index is 0.00565. The predicted molar refractivity (Wildman–Crippen MR) is 120 cm³/mol. The molecule has 0 spiro atoms. The van der Waals surface area contributed by atoms with E-state index in [1.165, 1.54) is 29.2 Å². The van der Waals surface area contributed by atoms with Gasteiger partial charge in [-0.05, 0) is 36.4 Å². The van der Waals surface area contributed by atoms with Crippen LogP contribution in [0.3, 0.4) is 0 Å². The van der Waals surface area contributed by atoms with Crippen LogP contribution in [0.1, 0.15) is 26.3 Å². The third kappa shape index (κ3) is 3.77. The number of carbonyl (C=O) groups is 4. The number of imide groups is 1. The topological polar surface area (TPSA) is 96.0 Å². The summed E-state index contributed by atoms with van der Waals surface area (Å²) in [5.41, 5.74) is 1.56. The van der Waals surface area contributed by atoms with Crippen molar-refractivity contribution in [1.82, 2.24) is 4.90 Å². The van der Waals surface area contributed by atoms with Gasteiger partial charge in [0, 0.05) is 11.3 Å². The molecule has 3 aromatic rings. The highest BCUT2D eigenvalue weighted by atomic mass is 19.1. The van der Waals surface area contributed by atoms with Gasteiger partial charge in [-0.2, -0.15) is 0 Å². The third-order valence-electron chi connectivity index (χ3n) is 5.65. The number of halogens is 1. The van der Waals surface area contributed by atoms with Crippen LogP contribution < -0.4 is 15.0 Å². The first-order valence-electron chi connectivity index (χ1n) is 10.5. The molecule has 8 nitrogen and oxygen atoms in total. The number of amides is 4. The lowest BCUT2D eigenvalue weighted by molar-refractivity contribution is -0.121. The third-order valence-corrected chi connectivity index (χ3v) is 5.65. The molecule has 0 saturated heterocycles. The summed E-state index contributed by atoms with van der Waals surface area (Å²) < 4.78 is 19.6. The van der Waals surface area contributed by atoms with E-state index in [9.17, 15) is 23.6 Å². The lowest BCUT2D eigenvalue weighted by atomic mass is 10.1. The average Bonchev–Trinajstić information content (AvgIpc) is 3.07. The Morgan fingerprint density at radius 1 is 0.912 bits per heavy atom. The molecular weight excluding hydrogens is 441 g/mol. The van der Waals surface area contributed by atoms with Crippen LogP contribution >= 0.6 is 0 Å². The van der Waals surface area contributed by atoms with Gasteiger partial charge in [0.2, 0.25) is 5.91 Å². The molecule has 0 aromatic heterocycles. The lowest BCUT2D eigenvalue weighted by Crippen LogP contribution is -2.39. The fraction of sp³-hybridized carbons (Fsp3) is 0.120. The molecule has 0 atom stereocenters. The monoisotopic (exact) mass is 459 g/mol. The van der Waals surface area contributed by atoms with E-state index >= 15 is 0 Å². The lowest BCUT2D eigenvalue weighted by Gasteiger charge is -2.30. The van der Waals surface area contributed by atoms with Gasteiger partial charge in [-0.15, -0.1) is 0 Å². The van der Waals surface area contributed by atoms with Crippen LogP contribution in [0.4, 0.5) is 15.8 Å². The smallest absolute Gasteiger partial charge is 0.265 e. The zero-order valence-corrected chi connectivity index (χ0v) is 17.8. The van der Waals surface area contributed by atoms with E-state index in [0.29, 0.717) is 22.7 Å². The SMILES string of the molecule is O=C(CN1C(=O)c2ccccc2C1=O)Nc1ccc2c(c1)N(Cc1ccccc1F)C(=O)CO2. The first-order valence-corrected chi connectivity index (χ1v) is 10.5. The first kappa shape index (κ1) is 21.3. The molecule has 0 radical (unpaired) electrons. The molecule has 2 aliphatic rings. The van der Waals surface area contributed by atoms with Gasteiger partial charge < -0.3 is 15.0 Å². The summed E-state index contributed by atoms with van der Waals surface area (Å²) in [7, 11) is 0. The van der Waals surface area contributed by atoms with E-state index in [-0.39, 0.29) is 30.2 Å². The van der Waals surface area contributed by atoms with Crippen molar-refractivity contribution in [3.63, 3.8) is 0 Å². The van der Waals surface area contributed by atoms with Crippen LogP contribution in [0.2, 0.25) is 0 Å². The van der Waals surface area contributed by atoms with Crippen molar-refractivity contribution < 1.29 is 28.3 Å². The van der Waals surface area contributed by atoms with Crippen molar-refractivity contribution in [3.05, 3.63) is 89.2 Å². The second-order valence-corrected chi connectivity index (χ2v) is 7.83. The molecule has 1 N–H and O–H groups in total. The van der Waals surface area contributed by atoms with Crippen LogP contribution in [-0.2, 0) is 16.1 Å². The minimum Gasteiger partial charge on any atom is -0.482 e. The number of hydrogen-bond donors (Lipinski definition) is 1. The fourth-order valence-corrected chi connectivity index (χ4v) is 3.98. The molecule has 0 saturated carbocycles. The molecule has 0 aliphatic carbocycles. The van der Waals surface area contributed by atoms with Gasteiger partial charge in [-0.1, -0.05) is 30.3 Å². The Hall–Kier alpha value is -4.53. The molecule has 2 aliphatic heterocycles. The number of carbonyl (C=O) groups excluding carboxylic acids is 4. The van der Waals surface area contributed by atoms with E-state index in [1.807, 2.05) is 0 Å². The van der Waals surface area contributed by atoms with Crippen molar-refractivity contribution in [3.8, 4) is 5.75 Å². The Balaban J connectivity index is 1.34. The van der Waals surface area contributed by atoms with Crippen LogP contribution in [0.5, 0.6) is 5.75 Å². The second-order valence-electron chi connectivity index (χ2n) is 7.83. The van der Waals surface area contributed by atoms with Crippen LogP contribution in [0.25, 0.3) is 0 Å². The summed E-state index contributed by atoms with van der Waals surface area (Å²) in [6.45, 7) is -0.654. The van der Waals surface area contributed by atoms with Crippen molar-refractivity contribution in [2.24, 2.45) is 0 Å². The molecule has 170 valence electrons. The Bertz CT molecular complexity index is 1320. The molecule has 9 heteroatoms. The normalized spacial score (nSPS) is 14.6. The van der Waals surface area contributed by atoms with Crippen molar-refractivity contribution in [2.45, 2.75) is 6.54 Å². The number of nitrogens with one attached hydrogen (secondary N) is 1. The van der Waals surface area contributed by atoms with E-state index in [1.54, 1.807) is 42.5 Å². The van der Waals surface area contributed by atoms with E-state index in [0.717, 1.165) is 4.90 Å². The van der Waals surface area contributed by atoms with Crippen molar-refractivity contribution in [1.29, 1.82) is 0 Å². The molecule has 2 heterocycles. The van der Waals surface area contributed by atoms with E-state index in [4.69, 9.17) is 4.74 Å². The Kier molecular flexibility index (Phi) is 5.29. The van der Waals surface area contributed by atoms with E-state index in [2.05, 4.69) is 5.32 Å². The largest absolute Gasteiger partial charge is 0.482 e. The fourth-order valence-electron chi connectivity index (χ4n) is 3.98. The first-order chi connectivity index (χ1) is 16.4. The summed E-state index contributed by atoms with van der Waals surface area (Å²) in [4.78, 5) is 52.4. The molecule has 3 aromatic carbocycles. The molecule has 0 unspecified atom stereocenters. The highest BCUT2D eigenvalue weighted by molar-refractivity contribution is 6.22. The second kappa shape index (κ2) is 8.43. The highest BCUT2D eigenvalue weighted by Gasteiger charge is 2.36. The molecule has 34 heavy (non-hydrogen) atoms. The molecule has 0 bridgehead atoms. The quantitative estimate of drug-likeness (QED) is 0.592. The number of benzene rings is 3. The molecular formula is C25H18FN3O5. The van der Waals surface area contributed by atoms with Crippen LogP contribution in [-0.4, -0.2) is 41.7 Å². The zero-order chi connectivity index (χ0) is 23.8. The highest BCUT2D eigenvalue weighted by Crippen LogP contribution is 2.36. The summed E-state index contributed by atoms with van der Waals surface area (Å²) in [5.74, 6) is -2.03. The number of rotatable bonds is 5. The Morgan fingerprint density at radius 2 is 1.59 bits per heavy atom. The maximum absolute atomic E-state index is 14.2. The summed E-state index contributed by atoms with van der Waals surface area (Å²) in [5, 5.41) is 2.64. The zero-order valence-electron chi connectivity index (χ0n) is 17.8. The van der Waals surface area contributed by atoms with Crippen LogP contribution in [0, 0.1) is 5.82 Å². The predicted octanol–water partition coefficient (Wildman–Crippen LogP) is 2.99. The van der Waals surface area contributed by atoms with E-state index < -0.39 is 30.1 Å². The summed E-state index contributed by atoms with van der Waals surface area (Å²) in [6.07, 6.45) is 0. The number of fused-ring (bicyclic) bond motifs is 2. The standard InChI is InChI=1S/C25H18FN3O5/c26-19-8-4-1-5-15(19)12-28-20-11-16(9-10-21(20)34-14-23(28)31)27-22(30)13-29-24(32)17-6-2-3-7-18(17)25(29)33/h1-11H,12-14H2,(H,27,30). The molecule has 4 amide bonds. The summed E-state index contributed by atoms with van der Waals surface area (Å²) in [6, 6.07) is 17.2. The minimum atomic E-state index is -0.585. The maximum Gasteiger partial charge on any atom is 0.265 e. The molecule has 0 fully saturated rings. The summed E-state index contributed by atoms with van der Waals surface area (Å²) >= 11 is 0. The van der Waals surface area contributed by atoms with Gasteiger partial charge in [-0.25, -0.2) is 4.39 Å². The van der Waals surface area contributed by atoms with Gasteiger partial charge in [-0.3, -0.25) is 24.1 Å². The van der Waals surface area contributed by atoms with Gasteiger partial charge in [0.25, 0.3) is 17.7 Å². The van der Waals surface area contributed by atoms with Gasteiger partial charge in [0.15, 0.2) is 6.61 Å². The van der Waals surface area contributed by atoms with Crippen LogP contribution in [0.15, 0.2) is 66.7 Å². The number of ether oxygens (including phenoxy) is 1. The van der Waals surface area contributed by atoms with Crippen molar-refractivity contribution in [2.75, 3.05) is 23.4 Å². The number of anilines is 2. The number of hydrogen-bond acceptors (Lipinski definition) is 5. The van der Waals surface area contributed by atoms with Gasteiger partial charge >= 0.3 is 0 Å². The Morgan fingerprint density at radius 3 is 2.29 bits per heavy atom. The van der Waals surface area contributed by atoms with Gasteiger partial charge in [0.1, 0.15) is 18.1 Å². The van der Waals surface area contributed by atoms with Crippen molar-refractivity contribution >= 4 is 35.0 Å². The number of nitrogens with zero attached hydrogens (tertiary/aromatic N) is 2.